The zero-order valence-electron chi connectivity index (χ0n) is 21.4. The molecule has 1 saturated carbocycles. The van der Waals surface area contributed by atoms with E-state index < -0.39 is 5.97 Å². The summed E-state index contributed by atoms with van der Waals surface area (Å²) < 4.78 is 17.4. The number of aromatic nitrogens is 1. The van der Waals surface area contributed by atoms with Gasteiger partial charge >= 0.3 is 5.97 Å². The third kappa shape index (κ3) is 4.78. The van der Waals surface area contributed by atoms with Crippen molar-refractivity contribution in [3.63, 3.8) is 0 Å². The second-order valence-corrected chi connectivity index (χ2v) is 10.6. The number of nitrogens with zero attached hydrogens (tertiary/aromatic N) is 2. The van der Waals surface area contributed by atoms with Crippen LogP contribution < -0.4 is 14.4 Å². The molecule has 1 aromatic heterocycles. The Bertz CT molecular complexity index is 1630. The van der Waals surface area contributed by atoms with Gasteiger partial charge in [-0.2, -0.15) is 0 Å². The Morgan fingerprint density at radius 2 is 1.82 bits per heavy atom. The van der Waals surface area contributed by atoms with Crippen molar-refractivity contribution in [3.05, 3.63) is 87.1 Å². The molecule has 40 heavy (non-hydrogen) atoms. The van der Waals surface area contributed by atoms with E-state index in [4.69, 9.17) is 37.2 Å². The molecule has 0 atom stereocenters. The minimum atomic E-state index is -1.07. The largest absolute Gasteiger partial charge is 0.495 e. The van der Waals surface area contributed by atoms with Crippen LogP contribution in [0.3, 0.4) is 0 Å². The van der Waals surface area contributed by atoms with Crippen LogP contribution in [0.2, 0.25) is 10.0 Å². The molecule has 1 N–H and O–H groups in total. The highest BCUT2D eigenvalue weighted by Crippen LogP contribution is 2.46. The third-order valence-electron chi connectivity index (χ3n) is 7.17. The highest BCUT2D eigenvalue weighted by molar-refractivity contribution is 6.39. The Balaban J connectivity index is 1.31. The number of rotatable bonds is 8. The van der Waals surface area contributed by atoms with Crippen molar-refractivity contribution in [3.8, 4) is 22.8 Å². The number of hydrogen-bond acceptors (Lipinski definition) is 6. The van der Waals surface area contributed by atoms with E-state index in [-0.39, 0.29) is 24.5 Å². The molecule has 1 fully saturated rings. The zero-order chi connectivity index (χ0) is 28.0. The van der Waals surface area contributed by atoms with Crippen molar-refractivity contribution in [1.29, 1.82) is 0 Å². The van der Waals surface area contributed by atoms with E-state index in [1.807, 2.05) is 12.1 Å². The van der Waals surface area contributed by atoms with Crippen LogP contribution in [0.25, 0.3) is 11.3 Å². The molecule has 0 spiro atoms. The van der Waals surface area contributed by atoms with Gasteiger partial charge in [-0.05, 0) is 73.4 Å². The summed E-state index contributed by atoms with van der Waals surface area (Å²) in [6, 6.07) is 15.3. The molecule has 4 aromatic rings. The van der Waals surface area contributed by atoms with Crippen LogP contribution in [0.4, 0.5) is 11.4 Å². The molecule has 0 radical (unpaired) electrons. The van der Waals surface area contributed by atoms with E-state index in [0.717, 1.165) is 29.7 Å². The van der Waals surface area contributed by atoms with Crippen LogP contribution >= 0.6 is 23.2 Å². The fraction of sp³-hybridized carbons (Fsp3) is 0.233. The molecular weight excluding hydrogens is 555 g/mol. The van der Waals surface area contributed by atoms with Gasteiger partial charge < -0.3 is 19.1 Å². The number of aromatic carboxylic acids is 1. The fourth-order valence-electron chi connectivity index (χ4n) is 5.02. The minimum absolute atomic E-state index is 0.0748. The van der Waals surface area contributed by atoms with Crippen LogP contribution in [-0.2, 0) is 17.8 Å². The number of fused-ring (bicyclic) bond motifs is 1. The first-order valence-corrected chi connectivity index (χ1v) is 13.5. The van der Waals surface area contributed by atoms with Gasteiger partial charge in [-0.1, -0.05) is 34.4 Å². The molecule has 1 amide bonds. The predicted octanol–water partition coefficient (Wildman–Crippen LogP) is 7.42. The van der Waals surface area contributed by atoms with E-state index in [1.54, 1.807) is 35.2 Å². The second kappa shape index (κ2) is 10.5. The Morgan fingerprint density at radius 3 is 2.52 bits per heavy atom. The van der Waals surface area contributed by atoms with E-state index in [1.165, 1.54) is 19.2 Å². The lowest BCUT2D eigenvalue weighted by Gasteiger charge is -2.31. The standard InChI is InChI=1S/C30H24Cl2N2O6/c1-38-25-14-18(30(36)37)7-10-24(25)34-23-11-9-19(13-17(23)8-12-26(34)35)39-15-20-28(33-40-29(20)16-5-6-16)27-21(31)3-2-4-22(27)32/h2-4,7,9-11,13-14,16H,5-6,8,12,15H2,1H3,(H,36,37). The number of ether oxygens (including phenoxy) is 2. The van der Waals surface area contributed by atoms with Gasteiger partial charge in [0.05, 0.1) is 39.7 Å². The highest BCUT2D eigenvalue weighted by Gasteiger charge is 2.34. The lowest BCUT2D eigenvalue weighted by molar-refractivity contribution is -0.118. The van der Waals surface area contributed by atoms with Crippen LogP contribution in [0, 0.1) is 0 Å². The monoisotopic (exact) mass is 578 g/mol. The number of carbonyl (C=O) groups is 2. The molecule has 8 nitrogen and oxygen atoms in total. The number of halogens is 2. The van der Waals surface area contributed by atoms with Crippen molar-refractivity contribution >= 4 is 46.5 Å². The van der Waals surface area contributed by atoms with E-state index in [0.29, 0.717) is 56.5 Å². The van der Waals surface area contributed by atoms with Crippen LogP contribution in [0.5, 0.6) is 11.5 Å². The van der Waals surface area contributed by atoms with Crippen molar-refractivity contribution in [2.75, 3.05) is 12.0 Å². The van der Waals surface area contributed by atoms with Gasteiger partial charge in [0.25, 0.3) is 0 Å². The van der Waals surface area contributed by atoms with Gasteiger partial charge in [0, 0.05) is 17.9 Å². The molecule has 6 rings (SSSR count). The molecule has 1 aliphatic heterocycles. The first-order valence-electron chi connectivity index (χ1n) is 12.8. The van der Waals surface area contributed by atoms with Crippen LogP contribution in [0.15, 0.2) is 59.1 Å². The molecular formula is C30H24Cl2N2O6. The average molecular weight is 579 g/mol. The normalized spacial score (nSPS) is 14.7. The second-order valence-electron chi connectivity index (χ2n) is 9.75. The van der Waals surface area contributed by atoms with Gasteiger partial charge in [0.1, 0.15) is 29.6 Å². The lowest BCUT2D eigenvalue weighted by Crippen LogP contribution is -2.31. The molecule has 2 aliphatic rings. The molecule has 2 heterocycles. The van der Waals surface area contributed by atoms with Crippen molar-refractivity contribution in [2.45, 2.75) is 38.2 Å². The first kappa shape index (κ1) is 26.2. The quantitative estimate of drug-likeness (QED) is 0.232. The Hall–Kier alpha value is -4.01. The highest BCUT2D eigenvalue weighted by atomic mass is 35.5. The number of methoxy groups -OCH3 is 1. The smallest absolute Gasteiger partial charge is 0.335 e. The van der Waals surface area contributed by atoms with Crippen LogP contribution in [0.1, 0.15) is 52.4 Å². The van der Waals surface area contributed by atoms with Crippen LogP contribution in [-0.4, -0.2) is 29.2 Å². The molecule has 0 saturated heterocycles. The van der Waals surface area contributed by atoms with Gasteiger partial charge in [-0.25, -0.2) is 4.79 Å². The Kier molecular flexibility index (Phi) is 6.90. The summed E-state index contributed by atoms with van der Waals surface area (Å²) in [6.07, 6.45) is 2.88. The first-order chi connectivity index (χ1) is 19.4. The van der Waals surface area contributed by atoms with Crippen molar-refractivity contribution in [1.82, 2.24) is 5.16 Å². The summed E-state index contributed by atoms with van der Waals surface area (Å²) in [7, 11) is 1.45. The maximum atomic E-state index is 13.0. The zero-order valence-corrected chi connectivity index (χ0v) is 23.0. The number of carboxylic acid groups (broad SMARTS) is 1. The van der Waals surface area contributed by atoms with Crippen molar-refractivity contribution < 1.29 is 28.7 Å². The summed E-state index contributed by atoms with van der Waals surface area (Å²) in [5.41, 5.74) is 4.17. The molecule has 0 bridgehead atoms. The number of aryl methyl sites for hydroxylation is 1. The summed E-state index contributed by atoms with van der Waals surface area (Å²) in [5.74, 6) is 0.828. The minimum Gasteiger partial charge on any atom is -0.495 e. The number of anilines is 2. The SMILES string of the molecule is COc1cc(C(=O)O)ccc1N1C(=O)CCc2cc(OCc3c(-c4c(Cl)cccc4Cl)noc3C3CC3)ccc21. The average Bonchev–Trinajstić information content (AvgIpc) is 3.71. The van der Waals surface area contributed by atoms with Gasteiger partial charge in [-0.3, -0.25) is 9.69 Å². The molecule has 204 valence electrons. The number of carbonyl (C=O) groups excluding carboxylic acids is 1. The summed E-state index contributed by atoms with van der Waals surface area (Å²) >= 11 is 13.0. The van der Waals surface area contributed by atoms with Gasteiger partial charge in [-0.15, -0.1) is 0 Å². The number of hydrogen-bond donors (Lipinski definition) is 1. The van der Waals surface area contributed by atoms with Crippen molar-refractivity contribution in [2.24, 2.45) is 0 Å². The maximum absolute atomic E-state index is 13.0. The Labute approximate surface area is 240 Å². The lowest BCUT2D eigenvalue weighted by atomic mass is 9.99. The number of carboxylic acids is 1. The van der Waals surface area contributed by atoms with Gasteiger partial charge in [0.15, 0.2) is 0 Å². The number of amides is 1. The number of benzene rings is 3. The van der Waals surface area contributed by atoms with Gasteiger partial charge in [0.2, 0.25) is 5.91 Å². The molecule has 3 aromatic carbocycles. The van der Waals surface area contributed by atoms with E-state index >= 15 is 0 Å². The Morgan fingerprint density at radius 1 is 1.07 bits per heavy atom. The topological polar surface area (TPSA) is 102 Å². The molecule has 1 aliphatic carbocycles. The summed E-state index contributed by atoms with van der Waals surface area (Å²) in [4.78, 5) is 26.0. The molecule has 10 heteroatoms. The van der Waals surface area contributed by atoms with E-state index in [2.05, 4.69) is 5.16 Å². The predicted molar refractivity (Wildman–Crippen MR) is 150 cm³/mol. The summed E-state index contributed by atoms with van der Waals surface area (Å²) in [6.45, 7) is 0.206. The summed E-state index contributed by atoms with van der Waals surface area (Å²) in [5, 5.41) is 14.6. The fourth-order valence-corrected chi connectivity index (χ4v) is 5.60. The molecule has 0 unspecified atom stereocenters. The maximum Gasteiger partial charge on any atom is 0.335 e. The van der Waals surface area contributed by atoms with E-state index in [9.17, 15) is 14.7 Å². The third-order valence-corrected chi connectivity index (χ3v) is 7.80.